The van der Waals surface area contributed by atoms with Crippen LogP contribution in [-0.4, -0.2) is 30.4 Å². The Bertz CT molecular complexity index is 1020. The maximum atomic E-state index is 12.2. The molecule has 0 aliphatic carbocycles. The van der Waals surface area contributed by atoms with Crippen LogP contribution in [0.15, 0.2) is 48.7 Å². The molecule has 29 heavy (non-hydrogen) atoms. The van der Waals surface area contributed by atoms with Crippen LogP contribution in [0.1, 0.15) is 27.7 Å². The monoisotopic (exact) mass is 430 g/mol. The Balaban J connectivity index is 1.55. The van der Waals surface area contributed by atoms with Gasteiger partial charge in [-0.15, -0.1) is 11.3 Å². The third-order valence-corrected chi connectivity index (χ3v) is 5.19. The van der Waals surface area contributed by atoms with Gasteiger partial charge in [-0.1, -0.05) is 23.7 Å². The summed E-state index contributed by atoms with van der Waals surface area (Å²) in [5, 5.41) is 3.92. The molecule has 1 N–H and O–H groups in total. The number of ether oxygens (including phenoxy) is 2. The van der Waals surface area contributed by atoms with Crippen molar-refractivity contribution in [3.63, 3.8) is 0 Å². The Hall–Kier alpha value is -2.90. The second-order valence-corrected chi connectivity index (χ2v) is 7.75. The van der Waals surface area contributed by atoms with Crippen LogP contribution in [0.25, 0.3) is 0 Å². The van der Waals surface area contributed by atoms with Gasteiger partial charge in [0.2, 0.25) is 0 Å². The molecule has 0 saturated carbocycles. The average Bonchev–Trinajstić information content (AvgIpc) is 3.14. The van der Waals surface area contributed by atoms with E-state index in [9.17, 15) is 9.59 Å². The minimum absolute atomic E-state index is 0.0780. The normalized spacial score (nSPS) is 10.4. The fraction of sp³-hybridized carbons (Fsp3) is 0.190. The average molecular weight is 431 g/mol. The zero-order valence-electron chi connectivity index (χ0n) is 15.9. The van der Waals surface area contributed by atoms with Crippen LogP contribution in [0.2, 0.25) is 5.02 Å². The minimum atomic E-state index is -0.338. The number of hydrogen-bond acceptors (Lipinski definition) is 6. The number of carbonyl (C=O) groups excluding carboxylic acids is 2. The molecule has 0 spiro atoms. The van der Waals surface area contributed by atoms with Gasteiger partial charge in [-0.3, -0.25) is 14.9 Å². The van der Waals surface area contributed by atoms with E-state index >= 15 is 0 Å². The molecule has 0 saturated heterocycles. The van der Waals surface area contributed by atoms with Gasteiger partial charge < -0.3 is 9.47 Å². The number of methoxy groups -OCH3 is 1. The number of thiazole rings is 1. The van der Waals surface area contributed by atoms with Crippen molar-refractivity contribution < 1.29 is 19.1 Å². The number of ketones is 1. The fourth-order valence-electron chi connectivity index (χ4n) is 2.55. The summed E-state index contributed by atoms with van der Waals surface area (Å²) in [6.45, 7) is 1.26. The molecule has 0 aliphatic heterocycles. The van der Waals surface area contributed by atoms with E-state index in [-0.39, 0.29) is 18.3 Å². The molecule has 0 radical (unpaired) electrons. The molecule has 1 heterocycles. The Morgan fingerprint density at radius 3 is 2.59 bits per heavy atom. The number of amides is 1. The number of hydrogen-bond donors (Lipinski definition) is 1. The van der Waals surface area contributed by atoms with Crippen LogP contribution in [0.5, 0.6) is 11.5 Å². The summed E-state index contributed by atoms with van der Waals surface area (Å²) in [5.74, 6) is 0.362. The number of benzene rings is 2. The van der Waals surface area contributed by atoms with Crippen molar-refractivity contribution in [1.29, 1.82) is 0 Å². The number of aromatic nitrogens is 1. The second-order valence-electron chi connectivity index (χ2n) is 6.19. The smallest absolute Gasteiger partial charge is 0.264 e. The van der Waals surface area contributed by atoms with Crippen molar-refractivity contribution in [3.05, 3.63) is 69.7 Å². The predicted molar refractivity (Wildman–Crippen MR) is 113 cm³/mol. The van der Waals surface area contributed by atoms with Crippen LogP contribution in [-0.2, 0) is 11.2 Å². The van der Waals surface area contributed by atoms with Crippen molar-refractivity contribution in [3.8, 4) is 11.5 Å². The van der Waals surface area contributed by atoms with Gasteiger partial charge in [-0.25, -0.2) is 4.98 Å². The van der Waals surface area contributed by atoms with Crippen LogP contribution in [0, 0.1) is 0 Å². The molecule has 0 fully saturated rings. The molecule has 1 amide bonds. The van der Waals surface area contributed by atoms with Gasteiger partial charge in [0.15, 0.2) is 29.0 Å². The molecule has 6 nitrogen and oxygen atoms in total. The van der Waals surface area contributed by atoms with Gasteiger partial charge in [-0.2, -0.15) is 0 Å². The zero-order valence-corrected chi connectivity index (χ0v) is 17.5. The third kappa shape index (κ3) is 5.79. The fourth-order valence-corrected chi connectivity index (χ4v) is 3.54. The van der Waals surface area contributed by atoms with Crippen molar-refractivity contribution in [2.75, 3.05) is 19.0 Å². The van der Waals surface area contributed by atoms with Crippen LogP contribution >= 0.6 is 22.9 Å². The molecule has 0 atom stereocenters. The van der Waals surface area contributed by atoms with Gasteiger partial charge in [-0.05, 0) is 42.8 Å². The van der Waals surface area contributed by atoms with E-state index in [4.69, 9.17) is 21.1 Å². The largest absolute Gasteiger partial charge is 0.493 e. The van der Waals surface area contributed by atoms with Crippen molar-refractivity contribution >= 4 is 39.8 Å². The number of rotatable bonds is 8. The summed E-state index contributed by atoms with van der Waals surface area (Å²) in [4.78, 5) is 28.9. The molecule has 150 valence electrons. The molecule has 1 aromatic heterocycles. The maximum absolute atomic E-state index is 12.2. The van der Waals surface area contributed by atoms with E-state index in [1.807, 2.05) is 24.3 Å². The van der Waals surface area contributed by atoms with E-state index in [1.54, 1.807) is 24.4 Å². The summed E-state index contributed by atoms with van der Waals surface area (Å²) in [6.07, 6.45) is 2.44. The first-order chi connectivity index (χ1) is 13.9. The second kappa shape index (κ2) is 9.54. The highest BCUT2D eigenvalue weighted by Crippen LogP contribution is 2.28. The van der Waals surface area contributed by atoms with Gasteiger partial charge in [0.25, 0.3) is 5.91 Å². The highest BCUT2D eigenvalue weighted by molar-refractivity contribution is 7.15. The summed E-state index contributed by atoms with van der Waals surface area (Å²) >= 11 is 7.30. The number of nitrogens with one attached hydrogen (secondary N) is 1. The summed E-state index contributed by atoms with van der Waals surface area (Å²) in [6, 6.07) is 12.4. The highest BCUT2D eigenvalue weighted by atomic mass is 35.5. The molecule has 8 heteroatoms. The lowest BCUT2D eigenvalue weighted by Crippen LogP contribution is -2.20. The van der Waals surface area contributed by atoms with Crippen molar-refractivity contribution in [1.82, 2.24) is 4.98 Å². The quantitative estimate of drug-likeness (QED) is 0.528. The lowest BCUT2D eigenvalue weighted by molar-refractivity contribution is -0.118. The Morgan fingerprint density at radius 1 is 1.14 bits per heavy atom. The minimum Gasteiger partial charge on any atom is -0.493 e. The van der Waals surface area contributed by atoms with Gasteiger partial charge in [0.05, 0.1) is 7.11 Å². The van der Waals surface area contributed by atoms with Crippen molar-refractivity contribution in [2.24, 2.45) is 0 Å². The Morgan fingerprint density at radius 2 is 1.90 bits per heavy atom. The van der Waals surface area contributed by atoms with Gasteiger partial charge in [0, 0.05) is 28.1 Å². The number of carbonyl (C=O) groups is 2. The highest BCUT2D eigenvalue weighted by Gasteiger charge is 2.12. The lowest BCUT2D eigenvalue weighted by Gasteiger charge is -2.11. The molecular weight excluding hydrogens is 412 g/mol. The van der Waals surface area contributed by atoms with Crippen LogP contribution in [0.4, 0.5) is 5.13 Å². The Labute approximate surface area is 177 Å². The van der Waals surface area contributed by atoms with Crippen LogP contribution in [0.3, 0.4) is 0 Å². The standard InChI is InChI=1S/C21H19ClN2O4S/c1-13(25)15-5-8-18(19(10-15)27-2)28-12-20(26)24-21-23-11-17(29-21)9-14-3-6-16(22)7-4-14/h3-8,10-11H,9,12H2,1-2H3,(H,23,24,26). The summed E-state index contributed by atoms with van der Waals surface area (Å²) in [5.41, 5.74) is 1.62. The van der Waals surface area contributed by atoms with Gasteiger partial charge >= 0.3 is 0 Å². The lowest BCUT2D eigenvalue weighted by atomic mass is 10.1. The first-order valence-electron chi connectivity index (χ1n) is 8.75. The number of halogens is 1. The van der Waals surface area contributed by atoms with Crippen LogP contribution < -0.4 is 14.8 Å². The molecule has 2 aromatic carbocycles. The van der Waals surface area contributed by atoms with Gasteiger partial charge in [0.1, 0.15) is 0 Å². The third-order valence-electron chi connectivity index (χ3n) is 4.02. The van der Waals surface area contributed by atoms with E-state index in [0.29, 0.717) is 33.6 Å². The molecule has 3 rings (SSSR count). The summed E-state index contributed by atoms with van der Waals surface area (Å²) < 4.78 is 10.8. The maximum Gasteiger partial charge on any atom is 0.264 e. The molecular formula is C21H19ClN2O4S. The summed E-state index contributed by atoms with van der Waals surface area (Å²) in [7, 11) is 1.48. The Kier molecular flexibility index (Phi) is 6.85. The topological polar surface area (TPSA) is 77.5 Å². The molecule has 0 unspecified atom stereocenters. The first-order valence-corrected chi connectivity index (χ1v) is 9.95. The van der Waals surface area contributed by atoms with E-state index in [0.717, 1.165) is 10.4 Å². The SMILES string of the molecule is COc1cc(C(C)=O)ccc1OCC(=O)Nc1ncc(Cc2ccc(Cl)cc2)s1. The number of nitrogens with zero attached hydrogens (tertiary/aromatic N) is 1. The first kappa shape index (κ1) is 20.8. The van der Waals surface area contributed by atoms with E-state index < -0.39 is 0 Å². The number of Topliss-reactive ketones (excluding diaryl/α,β-unsaturated/α-hetero) is 1. The van der Waals surface area contributed by atoms with E-state index in [2.05, 4.69) is 10.3 Å². The van der Waals surface area contributed by atoms with E-state index in [1.165, 1.54) is 25.4 Å². The molecule has 3 aromatic rings. The molecule has 0 bridgehead atoms. The zero-order chi connectivity index (χ0) is 20.8. The molecule has 0 aliphatic rings. The van der Waals surface area contributed by atoms with Crippen molar-refractivity contribution in [2.45, 2.75) is 13.3 Å². The number of anilines is 1. The predicted octanol–water partition coefficient (Wildman–Crippen LogP) is 4.62.